The van der Waals surface area contributed by atoms with Crippen LogP contribution in [0, 0.1) is 5.92 Å². The van der Waals surface area contributed by atoms with Gasteiger partial charge in [-0.1, -0.05) is 55.4 Å². The van der Waals surface area contributed by atoms with Gasteiger partial charge in [0.25, 0.3) is 5.91 Å². The van der Waals surface area contributed by atoms with Crippen LogP contribution in [0.15, 0.2) is 53.7 Å². The highest BCUT2D eigenvalue weighted by Gasteiger charge is 2.31. The summed E-state index contributed by atoms with van der Waals surface area (Å²) in [5, 5.41) is 14.1. The van der Waals surface area contributed by atoms with Crippen LogP contribution >= 0.6 is 23.4 Å². The Balaban J connectivity index is 1.67. The van der Waals surface area contributed by atoms with Crippen molar-refractivity contribution in [3.05, 3.63) is 70.5 Å². The van der Waals surface area contributed by atoms with Crippen LogP contribution in [0.1, 0.15) is 41.6 Å². The van der Waals surface area contributed by atoms with Crippen LogP contribution in [0.4, 0.5) is 18.9 Å². The third-order valence-electron chi connectivity index (χ3n) is 5.04. The number of thioether (sulfide) groups is 1. The number of halogens is 4. The maximum absolute atomic E-state index is 12.9. The second-order valence-corrected chi connectivity index (χ2v) is 9.34. The number of alkyl halides is 3. The largest absolute Gasteiger partial charge is 0.416 e. The number of carbonyl (C=O) groups excluding carboxylic acids is 2. The van der Waals surface area contributed by atoms with Gasteiger partial charge in [-0.05, 0) is 36.2 Å². The molecule has 0 saturated carbocycles. The third-order valence-corrected chi connectivity index (χ3v) is 6.39. The standard InChI is InChI=1S/C23H23ClF3N5O2S/c1-13(2)19(29-21(34)14-7-5-4-6-8-14)20-30-31-22(32(20)3)35-12-18(33)28-17-11-15(23(25,26)27)9-10-16(17)24/h4-11,13,19H,12H2,1-3H3,(H,28,33)(H,29,34)/t19-/m1/s1. The van der Waals surface area contributed by atoms with Gasteiger partial charge in [0.1, 0.15) is 0 Å². The number of hydrogen-bond donors (Lipinski definition) is 2. The van der Waals surface area contributed by atoms with Gasteiger partial charge < -0.3 is 15.2 Å². The molecule has 35 heavy (non-hydrogen) atoms. The Bertz CT molecular complexity index is 1200. The lowest BCUT2D eigenvalue weighted by Crippen LogP contribution is -2.33. The molecule has 2 amide bonds. The maximum atomic E-state index is 12.9. The van der Waals surface area contributed by atoms with Crippen molar-refractivity contribution in [2.45, 2.75) is 31.2 Å². The molecule has 0 unspecified atom stereocenters. The van der Waals surface area contributed by atoms with E-state index in [-0.39, 0.29) is 28.3 Å². The monoisotopic (exact) mass is 525 g/mol. The summed E-state index contributed by atoms with van der Waals surface area (Å²) in [5.74, 6) is -0.443. The molecule has 0 radical (unpaired) electrons. The van der Waals surface area contributed by atoms with Crippen LogP contribution in [-0.2, 0) is 18.0 Å². The lowest BCUT2D eigenvalue weighted by molar-refractivity contribution is -0.137. The lowest BCUT2D eigenvalue weighted by atomic mass is 10.0. The first kappa shape index (κ1) is 26.6. The summed E-state index contributed by atoms with van der Waals surface area (Å²) >= 11 is 6.99. The second kappa shape index (κ2) is 11.1. The molecule has 0 aliphatic heterocycles. The van der Waals surface area contributed by atoms with Gasteiger partial charge in [-0.2, -0.15) is 13.2 Å². The molecule has 1 heterocycles. The molecular formula is C23H23ClF3N5O2S. The van der Waals surface area contributed by atoms with Gasteiger partial charge >= 0.3 is 6.18 Å². The van der Waals surface area contributed by atoms with Crippen molar-refractivity contribution < 1.29 is 22.8 Å². The van der Waals surface area contributed by atoms with Crippen LogP contribution < -0.4 is 10.6 Å². The van der Waals surface area contributed by atoms with Crippen molar-refractivity contribution >= 4 is 40.9 Å². The maximum Gasteiger partial charge on any atom is 0.416 e. The quantitative estimate of drug-likeness (QED) is 0.387. The first-order valence-corrected chi connectivity index (χ1v) is 11.9. The second-order valence-electron chi connectivity index (χ2n) is 7.99. The van der Waals surface area contributed by atoms with Gasteiger partial charge in [0.2, 0.25) is 5.91 Å². The van der Waals surface area contributed by atoms with E-state index in [1.54, 1.807) is 35.9 Å². The zero-order valence-corrected chi connectivity index (χ0v) is 20.6. The van der Waals surface area contributed by atoms with Gasteiger partial charge in [-0.15, -0.1) is 10.2 Å². The molecule has 1 atom stereocenters. The average molecular weight is 526 g/mol. The Morgan fingerprint density at radius 1 is 1.11 bits per heavy atom. The van der Waals surface area contributed by atoms with Crippen LogP contribution in [-0.4, -0.2) is 32.3 Å². The molecule has 0 fully saturated rings. The molecule has 186 valence electrons. The van der Waals surface area contributed by atoms with Crippen molar-refractivity contribution in [2.75, 3.05) is 11.1 Å². The summed E-state index contributed by atoms with van der Waals surface area (Å²) in [5.41, 5.74) is -0.533. The van der Waals surface area contributed by atoms with Crippen molar-refractivity contribution in [3.63, 3.8) is 0 Å². The summed E-state index contributed by atoms with van der Waals surface area (Å²) in [6.07, 6.45) is -4.56. The van der Waals surface area contributed by atoms with E-state index in [1.807, 2.05) is 19.9 Å². The number of nitrogens with one attached hydrogen (secondary N) is 2. The van der Waals surface area contributed by atoms with Gasteiger partial charge in [0.15, 0.2) is 11.0 Å². The Morgan fingerprint density at radius 3 is 2.43 bits per heavy atom. The van der Waals surface area contributed by atoms with E-state index in [0.717, 1.165) is 30.0 Å². The zero-order valence-electron chi connectivity index (χ0n) is 19.1. The van der Waals surface area contributed by atoms with E-state index >= 15 is 0 Å². The van der Waals surface area contributed by atoms with Crippen LogP contribution in [0.5, 0.6) is 0 Å². The minimum Gasteiger partial charge on any atom is -0.342 e. The van der Waals surface area contributed by atoms with E-state index in [1.165, 1.54) is 0 Å². The molecule has 0 aliphatic rings. The van der Waals surface area contributed by atoms with Gasteiger partial charge in [0.05, 0.1) is 28.1 Å². The fourth-order valence-corrected chi connectivity index (χ4v) is 4.06. The van der Waals surface area contributed by atoms with Gasteiger partial charge in [0, 0.05) is 12.6 Å². The molecule has 2 N–H and O–H groups in total. The third kappa shape index (κ3) is 6.76. The highest BCUT2D eigenvalue weighted by atomic mass is 35.5. The highest BCUT2D eigenvalue weighted by molar-refractivity contribution is 7.99. The molecule has 3 aromatic rings. The molecule has 2 aromatic carbocycles. The van der Waals surface area contributed by atoms with E-state index < -0.39 is 23.7 Å². The van der Waals surface area contributed by atoms with Crippen molar-refractivity contribution in [3.8, 4) is 0 Å². The topological polar surface area (TPSA) is 88.9 Å². The van der Waals surface area contributed by atoms with Crippen molar-refractivity contribution in [1.29, 1.82) is 0 Å². The number of amides is 2. The SMILES string of the molecule is CC(C)[C@@H](NC(=O)c1ccccc1)c1nnc(SCC(=O)Nc2cc(C(F)(F)F)ccc2Cl)n1C. The highest BCUT2D eigenvalue weighted by Crippen LogP contribution is 2.34. The molecule has 0 bridgehead atoms. The first-order valence-electron chi connectivity index (χ1n) is 10.5. The molecule has 7 nitrogen and oxygen atoms in total. The normalized spacial score (nSPS) is 12.5. The molecular weight excluding hydrogens is 503 g/mol. The zero-order chi connectivity index (χ0) is 25.8. The number of aromatic nitrogens is 3. The molecule has 0 aliphatic carbocycles. The minimum atomic E-state index is -4.56. The number of benzene rings is 2. The summed E-state index contributed by atoms with van der Waals surface area (Å²) in [6, 6.07) is 11.1. The smallest absolute Gasteiger partial charge is 0.342 e. The van der Waals surface area contributed by atoms with E-state index in [2.05, 4.69) is 20.8 Å². The number of carbonyl (C=O) groups is 2. The fourth-order valence-electron chi connectivity index (χ4n) is 3.18. The van der Waals surface area contributed by atoms with Crippen molar-refractivity contribution in [2.24, 2.45) is 13.0 Å². The van der Waals surface area contributed by atoms with E-state index in [9.17, 15) is 22.8 Å². The van der Waals surface area contributed by atoms with E-state index in [0.29, 0.717) is 16.5 Å². The fraction of sp³-hybridized carbons (Fsp3) is 0.304. The van der Waals surface area contributed by atoms with Gasteiger partial charge in [-0.25, -0.2) is 0 Å². The summed E-state index contributed by atoms with van der Waals surface area (Å²) in [4.78, 5) is 25.0. The Hall–Kier alpha value is -3.05. The Kier molecular flexibility index (Phi) is 8.44. The van der Waals surface area contributed by atoms with Crippen LogP contribution in [0.25, 0.3) is 0 Å². The number of anilines is 1. The molecule has 0 spiro atoms. The summed E-state index contributed by atoms with van der Waals surface area (Å²) in [7, 11) is 1.71. The Labute approximate surface area is 209 Å². The predicted octanol–water partition coefficient (Wildman–Crippen LogP) is 5.35. The molecule has 1 aromatic heterocycles. The Morgan fingerprint density at radius 2 is 1.80 bits per heavy atom. The summed E-state index contributed by atoms with van der Waals surface area (Å²) < 4.78 is 40.5. The average Bonchev–Trinajstić information content (AvgIpc) is 3.16. The lowest BCUT2D eigenvalue weighted by Gasteiger charge is -2.21. The van der Waals surface area contributed by atoms with Crippen molar-refractivity contribution in [1.82, 2.24) is 20.1 Å². The number of rotatable bonds is 8. The number of hydrogen-bond acceptors (Lipinski definition) is 5. The molecule has 0 saturated heterocycles. The minimum absolute atomic E-state index is 0.00485. The number of nitrogens with zero attached hydrogens (tertiary/aromatic N) is 3. The van der Waals surface area contributed by atoms with Crippen LogP contribution in [0.3, 0.4) is 0 Å². The molecule has 12 heteroatoms. The van der Waals surface area contributed by atoms with Crippen LogP contribution in [0.2, 0.25) is 5.02 Å². The van der Waals surface area contributed by atoms with Gasteiger partial charge in [-0.3, -0.25) is 9.59 Å². The molecule has 3 rings (SSSR count). The van der Waals surface area contributed by atoms with E-state index in [4.69, 9.17) is 11.6 Å². The first-order chi connectivity index (χ1) is 16.5. The predicted molar refractivity (Wildman–Crippen MR) is 128 cm³/mol. The summed E-state index contributed by atoms with van der Waals surface area (Å²) in [6.45, 7) is 3.87.